The zero-order valence-electron chi connectivity index (χ0n) is 14.4. The molecule has 0 radical (unpaired) electrons. The molecule has 126 valence electrons. The lowest BCUT2D eigenvalue weighted by Crippen LogP contribution is -2.48. The topological polar surface area (TPSA) is 63.6 Å². The average Bonchev–Trinajstić information content (AvgIpc) is 2.51. The van der Waals surface area contributed by atoms with E-state index in [2.05, 4.69) is 0 Å². The van der Waals surface area contributed by atoms with Crippen LogP contribution in [0.5, 0.6) is 0 Å². The van der Waals surface area contributed by atoms with Gasteiger partial charge in [-0.05, 0) is 34.6 Å². The Labute approximate surface area is 138 Å². The number of esters is 1. The summed E-state index contributed by atoms with van der Waals surface area (Å²) in [5, 5.41) is 9.95. The minimum Gasteiger partial charge on any atom is -0.480 e. The molecule has 0 saturated heterocycles. The molecule has 0 fully saturated rings. The van der Waals surface area contributed by atoms with Gasteiger partial charge < -0.3 is 9.84 Å². The SMILES string of the molecule is CC=COC(=O)C(C=CC)(C=CC)C(C=CC)(C=CC)C(=O)O. The molecule has 0 bridgehead atoms. The molecule has 0 spiro atoms. The molecule has 0 amide bonds. The van der Waals surface area contributed by atoms with E-state index in [1.54, 1.807) is 77.2 Å². The molecule has 0 unspecified atom stereocenters. The standard InChI is InChI=1S/C19H26O4/c1-6-11-18(12-7-2,16(20)21)19(13-8-3,14-9-4)17(22)23-15-10-5/h6-15H,1-5H3,(H,20,21). The van der Waals surface area contributed by atoms with Crippen molar-refractivity contribution in [1.29, 1.82) is 0 Å². The molecule has 4 heteroatoms. The molecule has 0 aromatic heterocycles. The Morgan fingerprint density at radius 3 is 1.43 bits per heavy atom. The van der Waals surface area contributed by atoms with Crippen molar-refractivity contribution in [3.63, 3.8) is 0 Å². The number of hydrogen-bond donors (Lipinski definition) is 1. The van der Waals surface area contributed by atoms with Crippen LogP contribution in [-0.4, -0.2) is 17.0 Å². The molecule has 0 aliphatic carbocycles. The van der Waals surface area contributed by atoms with Crippen LogP contribution in [0.25, 0.3) is 0 Å². The van der Waals surface area contributed by atoms with Gasteiger partial charge in [0.25, 0.3) is 0 Å². The van der Waals surface area contributed by atoms with Crippen molar-refractivity contribution < 1.29 is 19.4 Å². The molecule has 0 aromatic carbocycles. The highest BCUT2D eigenvalue weighted by molar-refractivity contribution is 5.94. The number of carboxylic acid groups (broad SMARTS) is 1. The minimum absolute atomic E-state index is 0.662. The van der Waals surface area contributed by atoms with Gasteiger partial charge in [-0.15, -0.1) is 0 Å². The molecule has 0 saturated carbocycles. The van der Waals surface area contributed by atoms with E-state index in [1.807, 2.05) is 0 Å². The van der Waals surface area contributed by atoms with E-state index >= 15 is 0 Å². The Morgan fingerprint density at radius 1 is 0.739 bits per heavy atom. The second kappa shape index (κ2) is 9.62. The molecular weight excluding hydrogens is 292 g/mol. The van der Waals surface area contributed by atoms with Gasteiger partial charge in [0.1, 0.15) is 10.8 Å². The van der Waals surface area contributed by atoms with Crippen LogP contribution < -0.4 is 0 Å². The van der Waals surface area contributed by atoms with Gasteiger partial charge >= 0.3 is 11.9 Å². The lowest BCUT2D eigenvalue weighted by atomic mass is 9.62. The number of hydrogen-bond acceptors (Lipinski definition) is 3. The van der Waals surface area contributed by atoms with Gasteiger partial charge in [0.2, 0.25) is 0 Å². The number of ether oxygens (including phenoxy) is 1. The van der Waals surface area contributed by atoms with Crippen molar-refractivity contribution in [2.24, 2.45) is 10.8 Å². The van der Waals surface area contributed by atoms with Gasteiger partial charge in [-0.1, -0.05) is 54.7 Å². The molecule has 0 aromatic rings. The molecule has 0 atom stereocenters. The Morgan fingerprint density at radius 2 is 1.13 bits per heavy atom. The maximum atomic E-state index is 12.8. The summed E-state index contributed by atoms with van der Waals surface area (Å²) >= 11 is 0. The number of carboxylic acids is 1. The van der Waals surface area contributed by atoms with Gasteiger partial charge in [0, 0.05) is 0 Å². The Balaban J connectivity index is 6.78. The highest BCUT2D eigenvalue weighted by Crippen LogP contribution is 2.47. The average molecular weight is 318 g/mol. The predicted octanol–water partition coefficient (Wildman–Crippen LogP) is 4.43. The van der Waals surface area contributed by atoms with Gasteiger partial charge in [-0.25, -0.2) is 0 Å². The summed E-state index contributed by atoms with van der Waals surface area (Å²) in [5.74, 6) is -1.80. The van der Waals surface area contributed by atoms with Crippen molar-refractivity contribution in [2.45, 2.75) is 34.6 Å². The van der Waals surface area contributed by atoms with E-state index in [0.717, 1.165) is 0 Å². The summed E-state index contributed by atoms with van der Waals surface area (Å²) < 4.78 is 5.16. The summed E-state index contributed by atoms with van der Waals surface area (Å²) in [6.07, 6.45) is 15.5. The number of carbonyl (C=O) groups is 2. The van der Waals surface area contributed by atoms with Crippen molar-refractivity contribution in [1.82, 2.24) is 0 Å². The lowest BCUT2D eigenvalue weighted by Gasteiger charge is -2.38. The number of rotatable bonds is 8. The molecule has 0 heterocycles. The van der Waals surface area contributed by atoms with Crippen LogP contribution in [0.4, 0.5) is 0 Å². The van der Waals surface area contributed by atoms with Gasteiger partial charge in [0.15, 0.2) is 0 Å². The summed E-state index contributed by atoms with van der Waals surface area (Å²) in [4.78, 5) is 25.0. The van der Waals surface area contributed by atoms with Gasteiger partial charge in [-0.3, -0.25) is 9.59 Å². The quantitative estimate of drug-likeness (QED) is 0.408. The molecule has 0 rings (SSSR count). The third-order valence-corrected chi connectivity index (χ3v) is 3.41. The Bertz CT molecular complexity index is 524. The molecule has 0 aliphatic heterocycles. The summed E-state index contributed by atoms with van der Waals surface area (Å²) in [5.41, 5.74) is -3.09. The molecular formula is C19H26O4. The zero-order chi connectivity index (χ0) is 17.9. The van der Waals surface area contributed by atoms with Crippen LogP contribution in [0, 0.1) is 10.8 Å². The first-order chi connectivity index (χ1) is 10.9. The zero-order valence-corrected chi connectivity index (χ0v) is 14.4. The third-order valence-electron chi connectivity index (χ3n) is 3.41. The molecule has 0 aliphatic rings. The van der Waals surface area contributed by atoms with Crippen molar-refractivity contribution in [3.05, 3.63) is 60.9 Å². The highest BCUT2D eigenvalue weighted by Gasteiger charge is 2.56. The van der Waals surface area contributed by atoms with E-state index < -0.39 is 22.8 Å². The first-order valence-corrected chi connectivity index (χ1v) is 7.53. The Hall–Kier alpha value is -2.36. The molecule has 1 N–H and O–H groups in total. The fourth-order valence-electron chi connectivity index (χ4n) is 2.57. The smallest absolute Gasteiger partial charge is 0.326 e. The van der Waals surface area contributed by atoms with E-state index in [-0.39, 0.29) is 0 Å². The van der Waals surface area contributed by atoms with Gasteiger partial charge in [0.05, 0.1) is 6.26 Å². The summed E-state index contributed by atoms with van der Waals surface area (Å²) in [6.45, 7) is 8.62. The van der Waals surface area contributed by atoms with Crippen molar-refractivity contribution in [3.8, 4) is 0 Å². The minimum atomic E-state index is -1.59. The second-order valence-electron chi connectivity index (χ2n) is 4.92. The van der Waals surface area contributed by atoms with E-state index in [9.17, 15) is 14.7 Å². The molecule has 4 nitrogen and oxygen atoms in total. The monoisotopic (exact) mass is 318 g/mol. The lowest BCUT2D eigenvalue weighted by molar-refractivity contribution is -0.159. The van der Waals surface area contributed by atoms with Crippen LogP contribution in [0.2, 0.25) is 0 Å². The maximum absolute atomic E-state index is 12.8. The van der Waals surface area contributed by atoms with Crippen molar-refractivity contribution >= 4 is 11.9 Å². The summed E-state index contributed by atoms with van der Waals surface area (Å²) in [6, 6.07) is 0. The first kappa shape index (κ1) is 20.6. The van der Waals surface area contributed by atoms with E-state index in [1.165, 1.54) is 18.4 Å². The number of aliphatic carboxylic acids is 1. The fourth-order valence-corrected chi connectivity index (χ4v) is 2.57. The number of carbonyl (C=O) groups excluding carboxylic acids is 1. The highest BCUT2D eigenvalue weighted by atomic mass is 16.5. The van der Waals surface area contributed by atoms with Gasteiger partial charge in [-0.2, -0.15) is 0 Å². The van der Waals surface area contributed by atoms with Crippen LogP contribution >= 0.6 is 0 Å². The normalized spacial score (nSPS) is 18.1. The summed E-state index contributed by atoms with van der Waals surface area (Å²) in [7, 11) is 0. The predicted molar refractivity (Wildman–Crippen MR) is 92.7 cm³/mol. The van der Waals surface area contributed by atoms with E-state index in [4.69, 9.17) is 4.74 Å². The number of allylic oxidation sites excluding steroid dienone is 5. The third kappa shape index (κ3) is 4.09. The second-order valence-corrected chi connectivity index (χ2v) is 4.92. The van der Waals surface area contributed by atoms with Crippen molar-refractivity contribution in [2.75, 3.05) is 0 Å². The largest absolute Gasteiger partial charge is 0.480 e. The van der Waals surface area contributed by atoms with Crippen LogP contribution in [0.3, 0.4) is 0 Å². The van der Waals surface area contributed by atoms with Crippen LogP contribution in [0.15, 0.2) is 60.9 Å². The van der Waals surface area contributed by atoms with Crippen LogP contribution in [-0.2, 0) is 14.3 Å². The van der Waals surface area contributed by atoms with E-state index in [0.29, 0.717) is 0 Å². The Kier molecular flexibility index (Phi) is 8.63. The maximum Gasteiger partial charge on any atom is 0.326 e. The van der Waals surface area contributed by atoms with Crippen LogP contribution in [0.1, 0.15) is 34.6 Å². The molecule has 23 heavy (non-hydrogen) atoms. The first-order valence-electron chi connectivity index (χ1n) is 7.53. The fraction of sp³-hybridized carbons (Fsp3) is 0.368.